The van der Waals surface area contributed by atoms with Crippen LogP contribution in [0.2, 0.25) is 0 Å². The van der Waals surface area contributed by atoms with Crippen molar-refractivity contribution in [3.05, 3.63) is 42.2 Å². The summed E-state index contributed by atoms with van der Waals surface area (Å²) in [6.45, 7) is 0.110. The second-order valence-corrected chi connectivity index (χ2v) is 3.37. The van der Waals surface area contributed by atoms with Gasteiger partial charge in [0.15, 0.2) is 0 Å². The summed E-state index contributed by atoms with van der Waals surface area (Å²) in [6.07, 6.45) is 2.38. The normalized spacial score (nSPS) is 9.41. The molecule has 0 atom stereocenters. The van der Waals surface area contributed by atoms with Crippen molar-refractivity contribution in [3.63, 3.8) is 0 Å². The topological polar surface area (TPSA) is 62.2 Å². The van der Waals surface area contributed by atoms with Crippen LogP contribution in [0, 0.1) is 11.8 Å². The number of carboxylic acid groups (broad SMARTS) is 1. The van der Waals surface area contributed by atoms with Crippen molar-refractivity contribution >= 4 is 16.9 Å². The molecule has 1 heterocycles. The highest BCUT2D eigenvalue weighted by molar-refractivity contribution is 5.87. The summed E-state index contributed by atoms with van der Waals surface area (Å²) in [4.78, 5) is 14.3. The summed E-state index contributed by atoms with van der Waals surface area (Å²) < 4.78 is 0. The second kappa shape index (κ2) is 4.99. The molecule has 0 aliphatic rings. The number of nitrogens with zero attached hydrogens (tertiary/aromatic N) is 1. The first-order chi connectivity index (χ1) is 8.27. The summed E-state index contributed by atoms with van der Waals surface area (Å²) in [5, 5.41) is 12.6. The molecule has 2 aromatic rings. The van der Waals surface area contributed by atoms with Crippen molar-refractivity contribution in [1.29, 1.82) is 0 Å². The molecule has 0 aliphatic heterocycles. The Morgan fingerprint density at radius 3 is 3.00 bits per heavy atom. The van der Waals surface area contributed by atoms with E-state index in [0.717, 1.165) is 16.3 Å². The van der Waals surface area contributed by atoms with E-state index in [1.54, 1.807) is 12.4 Å². The Morgan fingerprint density at radius 1 is 1.35 bits per heavy atom. The van der Waals surface area contributed by atoms with E-state index in [4.69, 9.17) is 5.11 Å². The first-order valence-corrected chi connectivity index (χ1v) is 5.06. The maximum Gasteiger partial charge on any atom is 0.405 e. The lowest BCUT2D eigenvalue weighted by Crippen LogP contribution is -2.20. The van der Waals surface area contributed by atoms with Crippen LogP contribution in [0.15, 0.2) is 36.7 Å². The largest absolute Gasteiger partial charge is 0.465 e. The van der Waals surface area contributed by atoms with Gasteiger partial charge in [-0.15, -0.1) is 0 Å². The van der Waals surface area contributed by atoms with Gasteiger partial charge in [-0.1, -0.05) is 36.1 Å². The van der Waals surface area contributed by atoms with Crippen LogP contribution in [-0.4, -0.2) is 22.7 Å². The third-order valence-corrected chi connectivity index (χ3v) is 2.22. The Morgan fingerprint density at radius 2 is 2.18 bits per heavy atom. The zero-order valence-electron chi connectivity index (χ0n) is 8.97. The van der Waals surface area contributed by atoms with Crippen LogP contribution in [0.5, 0.6) is 0 Å². The molecule has 2 rings (SSSR count). The molecule has 0 spiro atoms. The minimum atomic E-state index is -1.07. The predicted octanol–water partition coefficient (Wildman–Crippen LogP) is 1.85. The molecule has 17 heavy (non-hydrogen) atoms. The third-order valence-electron chi connectivity index (χ3n) is 2.22. The van der Waals surface area contributed by atoms with Gasteiger partial charge in [0, 0.05) is 23.2 Å². The minimum Gasteiger partial charge on any atom is -0.465 e. The highest BCUT2D eigenvalue weighted by atomic mass is 16.4. The van der Waals surface area contributed by atoms with Crippen LogP contribution in [-0.2, 0) is 0 Å². The third kappa shape index (κ3) is 2.73. The zero-order chi connectivity index (χ0) is 12.1. The van der Waals surface area contributed by atoms with Crippen LogP contribution in [0.25, 0.3) is 10.8 Å². The lowest BCUT2D eigenvalue weighted by Gasteiger charge is -1.98. The number of rotatable bonds is 1. The van der Waals surface area contributed by atoms with Gasteiger partial charge in [-0.05, 0) is 0 Å². The van der Waals surface area contributed by atoms with Gasteiger partial charge in [-0.25, -0.2) is 4.79 Å². The van der Waals surface area contributed by atoms with Crippen molar-refractivity contribution in [1.82, 2.24) is 10.3 Å². The Bertz CT molecular complexity index is 606. The average molecular weight is 226 g/mol. The van der Waals surface area contributed by atoms with Crippen molar-refractivity contribution in [3.8, 4) is 11.8 Å². The number of pyridine rings is 1. The highest BCUT2D eigenvalue weighted by Gasteiger charge is 1.97. The van der Waals surface area contributed by atoms with Crippen molar-refractivity contribution in [2.75, 3.05) is 6.54 Å². The van der Waals surface area contributed by atoms with Gasteiger partial charge >= 0.3 is 6.09 Å². The molecule has 4 heteroatoms. The summed E-state index contributed by atoms with van der Waals surface area (Å²) in [5.74, 6) is 5.65. The summed E-state index contributed by atoms with van der Waals surface area (Å²) in [6, 6.07) is 7.80. The SMILES string of the molecule is O=C(O)NCC#Cc1cncc2ccccc12. The fourth-order valence-corrected chi connectivity index (χ4v) is 1.48. The predicted molar refractivity (Wildman–Crippen MR) is 64.6 cm³/mol. The van der Waals surface area contributed by atoms with E-state index < -0.39 is 6.09 Å². The molecule has 0 unspecified atom stereocenters. The first-order valence-electron chi connectivity index (χ1n) is 5.06. The van der Waals surface area contributed by atoms with Gasteiger partial charge in [0.2, 0.25) is 0 Å². The molecule has 1 aromatic carbocycles. The fourth-order valence-electron chi connectivity index (χ4n) is 1.48. The van der Waals surface area contributed by atoms with E-state index in [1.165, 1.54) is 0 Å². The molecule has 1 aromatic heterocycles. The van der Waals surface area contributed by atoms with Gasteiger partial charge in [-0.3, -0.25) is 4.98 Å². The molecule has 0 saturated heterocycles. The number of nitrogens with one attached hydrogen (secondary N) is 1. The molecule has 0 fully saturated rings. The van der Waals surface area contributed by atoms with Crippen molar-refractivity contribution < 1.29 is 9.90 Å². The first kappa shape index (κ1) is 11.0. The number of amides is 1. The highest BCUT2D eigenvalue weighted by Crippen LogP contribution is 2.15. The molecule has 0 aliphatic carbocycles. The Balaban J connectivity index is 2.26. The zero-order valence-corrected chi connectivity index (χ0v) is 8.97. The number of aromatic nitrogens is 1. The number of benzene rings is 1. The number of carbonyl (C=O) groups is 1. The number of hydrogen-bond acceptors (Lipinski definition) is 2. The maximum absolute atomic E-state index is 10.2. The Kier molecular flexibility index (Phi) is 3.22. The fraction of sp³-hybridized carbons (Fsp3) is 0.0769. The lowest BCUT2D eigenvalue weighted by atomic mass is 10.1. The quantitative estimate of drug-likeness (QED) is 0.729. The number of fused-ring (bicyclic) bond motifs is 1. The van der Waals surface area contributed by atoms with E-state index in [9.17, 15) is 4.79 Å². The van der Waals surface area contributed by atoms with Gasteiger partial charge in [0.1, 0.15) is 0 Å². The van der Waals surface area contributed by atoms with Gasteiger partial charge in [-0.2, -0.15) is 0 Å². The van der Waals surface area contributed by atoms with Crippen LogP contribution in [0.3, 0.4) is 0 Å². The van der Waals surface area contributed by atoms with Crippen LogP contribution < -0.4 is 5.32 Å². The molecule has 2 N–H and O–H groups in total. The summed E-state index contributed by atoms with van der Waals surface area (Å²) >= 11 is 0. The average Bonchev–Trinajstić information content (AvgIpc) is 2.34. The molecule has 1 amide bonds. The summed E-state index contributed by atoms with van der Waals surface area (Å²) in [5.41, 5.74) is 0.801. The molecule has 0 bridgehead atoms. The van der Waals surface area contributed by atoms with Crippen LogP contribution >= 0.6 is 0 Å². The van der Waals surface area contributed by atoms with E-state index in [2.05, 4.69) is 22.1 Å². The van der Waals surface area contributed by atoms with E-state index >= 15 is 0 Å². The van der Waals surface area contributed by atoms with Crippen LogP contribution in [0.4, 0.5) is 4.79 Å². The van der Waals surface area contributed by atoms with Gasteiger partial charge in [0.25, 0.3) is 0 Å². The molecule has 0 radical (unpaired) electrons. The van der Waals surface area contributed by atoms with Crippen LogP contribution in [0.1, 0.15) is 5.56 Å². The van der Waals surface area contributed by atoms with Crippen molar-refractivity contribution in [2.45, 2.75) is 0 Å². The molecule has 4 nitrogen and oxygen atoms in total. The molecule has 84 valence electrons. The molecular weight excluding hydrogens is 216 g/mol. The van der Waals surface area contributed by atoms with Gasteiger partial charge in [0.05, 0.1) is 12.1 Å². The maximum atomic E-state index is 10.2. The Hall–Kier alpha value is -2.54. The smallest absolute Gasteiger partial charge is 0.405 e. The van der Waals surface area contributed by atoms with Gasteiger partial charge < -0.3 is 10.4 Å². The molecule has 0 saturated carbocycles. The van der Waals surface area contributed by atoms with Crippen molar-refractivity contribution in [2.24, 2.45) is 0 Å². The summed E-state index contributed by atoms with van der Waals surface area (Å²) in [7, 11) is 0. The monoisotopic (exact) mass is 226 g/mol. The van der Waals surface area contributed by atoms with E-state index in [1.807, 2.05) is 24.3 Å². The molecular formula is C13H10N2O2. The Labute approximate surface area is 98.3 Å². The van der Waals surface area contributed by atoms with E-state index in [-0.39, 0.29) is 6.54 Å². The lowest BCUT2D eigenvalue weighted by molar-refractivity contribution is 0.196. The second-order valence-electron chi connectivity index (χ2n) is 3.37. The van der Waals surface area contributed by atoms with E-state index in [0.29, 0.717) is 0 Å². The number of hydrogen-bond donors (Lipinski definition) is 2. The minimum absolute atomic E-state index is 0.110. The standard InChI is InChI=1S/C13H10N2O2/c16-13(17)15-7-3-5-11-9-14-8-10-4-1-2-6-12(10)11/h1-2,4,6,8-9,15H,7H2,(H,16,17).